The Morgan fingerprint density at radius 1 is 1.64 bits per heavy atom. The molecule has 0 heterocycles. The molecule has 0 bridgehead atoms. The van der Waals surface area contributed by atoms with Gasteiger partial charge in [0.05, 0.1) is 6.61 Å². The molecule has 5 nitrogen and oxygen atoms in total. The first kappa shape index (κ1) is 13.4. The number of nitrogens with one attached hydrogen (secondary N) is 1. The van der Waals surface area contributed by atoms with Crippen LogP contribution in [0.15, 0.2) is 0 Å². The number of hydrazine groups is 1. The summed E-state index contributed by atoms with van der Waals surface area (Å²) >= 11 is 0. The summed E-state index contributed by atoms with van der Waals surface area (Å²) in [5.74, 6) is 4.84. The van der Waals surface area contributed by atoms with E-state index >= 15 is 0 Å². The molecule has 0 saturated heterocycles. The summed E-state index contributed by atoms with van der Waals surface area (Å²) in [5.41, 5.74) is 2.15. The van der Waals surface area contributed by atoms with Crippen LogP contribution in [0.4, 0.5) is 0 Å². The Bertz CT molecular complexity index is 164. The number of nitrogens with zero attached hydrogens (tertiary/aromatic N) is 1. The summed E-state index contributed by atoms with van der Waals surface area (Å²) in [6, 6.07) is 0. The van der Waals surface area contributed by atoms with E-state index in [2.05, 4.69) is 17.2 Å². The molecule has 0 saturated carbocycles. The molecule has 0 aromatic carbocycles. The van der Waals surface area contributed by atoms with Gasteiger partial charge in [0.2, 0.25) is 5.91 Å². The highest BCUT2D eigenvalue weighted by Crippen LogP contribution is 1.99. The van der Waals surface area contributed by atoms with Crippen molar-refractivity contribution in [3.63, 3.8) is 0 Å². The summed E-state index contributed by atoms with van der Waals surface area (Å²) < 4.78 is 4.98. The molecule has 0 radical (unpaired) electrons. The number of ether oxygens (including phenoxy) is 1. The van der Waals surface area contributed by atoms with Crippen molar-refractivity contribution in [3.05, 3.63) is 0 Å². The Kier molecular flexibility index (Phi) is 7.37. The Balaban J connectivity index is 3.85. The van der Waals surface area contributed by atoms with Gasteiger partial charge in [0, 0.05) is 26.1 Å². The molecule has 14 heavy (non-hydrogen) atoms. The molecule has 5 heteroatoms. The molecule has 3 N–H and O–H groups in total. The number of hydrogen-bond acceptors (Lipinski definition) is 4. The quantitative estimate of drug-likeness (QED) is 0.335. The van der Waals surface area contributed by atoms with Gasteiger partial charge in [0.15, 0.2) is 0 Å². The van der Waals surface area contributed by atoms with Crippen molar-refractivity contribution >= 4 is 5.91 Å². The number of likely N-dealkylation sites (N-methyl/N-ethyl adjacent to an activating group) is 1. The zero-order chi connectivity index (χ0) is 11.0. The molecule has 0 aromatic heterocycles. The second kappa shape index (κ2) is 7.73. The van der Waals surface area contributed by atoms with Gasteiger partial charge in [0.25, 0.3) is 0 Å². The van der Waals surface area contributed by atoms with Crippen LogP contribution in [0, 0.1) is 5.92 Å². The van der Waals surface area contributed by atoms with Gasteiger partial charge in [-0.3, -0.25) is 10.2 Å². The maximum absolute atomic E-state index is 11.1. The first-order chi connectivity index (χ1) is 6.65. The molecule has 0 aliphatic rings. The number of hydrogen-bond donors (Lipinski definition) is 2. The fourth-order valence-corrected chi connectivity index (χ4v) is 1.21. The van der Waals surface area contributed by atoms with Crippen LogP contribution in [0.3, 0.4) is 0 Å². The van der Waals surface area contributed by atoms with Gasteiger partial charge >= 0.3 is 0 Å². The summed E-state index contributed by atoms with van der Waals surface area (Å²) in [6.07, 6.45) is 0. The lowest BCUT2D eigenvalue weighted by Gasteiger charge is -2.22. The molecule has 1 amide bonds. The largest absolute Gasteiger partial charge is 0.383 e. The van der Waals surface area contributed by atoms with E-state index in [0.29, 0.717) is 13.2 Å². The second-order valence-electron chi connectivity index (χ2n) is 3.30. The molecular formula is C9H21N3O2. The topological polar surface area (TPSA) is 67.6 Å². The highest BCUT2D eigenvalue weighted by molar-refractivity contribution is 5.77. The molecule has 0 aliphatic carbocycles. The lowest BCUT2D eigenvalue weighted by Crippen LogP contribution is -2.41. The van der Waals surface area contributed by atoms with E-state index in [1.165, 1.54) is 0 Å². The molecular weight excluding hydrogens is 182 g/mol. The van der Waals surface area contributed by atoms with E-state index in [1.54, 1.807) is 7.11 Å². The van der Waals surface area contributed by atoms with Crippen LogP contribution in [-0.4, -0.2) is 44.2 Å². The maximum Gasteiger partial charge on any atom is 0.237 e. The Morgan fingerprint density at radius 2 is 2.29 bits per heavy atom. The van der Waals surface area contributed by atoms with Gasteiger partial charge in [-0.1, -0.05) is 13.8 Å². The normalized spacial score (nSPS) is 12.9. The predicted octanol–water partition coefficient (Wildman–Crippen LogP) is -0.419. The zero-order valence-electron chi connectivity index (χ0n) is 9.25. The summed E-state index contributed by atoms with van der Waals surface area (Å²) in [6.45, 7) is 7.06. The summed E-state index contributed by atoms with van der Waals surface area (Å²) in [5, 5.41) is 0. The van der Waals surface area contributed by atoms with Crippen molar-refractivity contribution in [2.24, 2.45) is 11.8 Å². The zero-order valence-corrected chi connectivity index (χ0v) is 9.25. The molecule has 0 fully saturated rings. The predicted molar refractivity (Wildman–Crippen MR) is 55.5 cm³/mol. The van der Waals surface area contributed by atoms with Gasteiger partial charge in [-0.15, -0.1) is 0 Å². The number of carbonyl (C=O) groups excluding carboxylic acids is 1. The van der Waals surface area contributed by atoms with Crippen LogP contribution in [0.5, 0.6) is 0 Å². The minimum atomic E-state index is -0.124. The van der Waals surface area contributed by atoms with E-state index < -0.39 is 0 Å². The first-order valence-corrected chi connectivity index (χ1v) is 4.87. The minimum Gasteiger partial charge on any atom is -0.383 e. The molecule has 0 spiro atoms. The van der Waals surface area contributed by atoms with Crippen LogP contribution in [0.25, 0.3) is 0 Å². The molecule has 0 rings (SSSR count). The number of amides is 1. The van der Waals surface area contributed by atoms with Crippen LogP contribution in [0.2, 0.25) is 0 Å². The lowest BCUT2D eigenvalue weighted by molar-refractivity contribution is -0.125. The van der Waals surface area contributed by atoms with Gasteiger partial charge in [-0.05, 0) is 6.54 Å². The third kappa shape index (κ3) is 5.16. The van der Waals surface area contributed by atoms with Crippen molar-refractivity contribution in [1.29, 1.82) is 0 Å². The first-order valence-electron chi connectivity index (χ1n) is 4.87. The smallest absolute Gasteiger partial charge is 0.237 e. The molecule has 84 valence electrons. The van der Waals surface area contributed by atoms with Gasteiger partial charge < -0.3 is 9.64 Å². The maximum atomic E-state index is 11.1. The van der Waals surface area contributed by atoms with Gasteiger partial charge in [-0.25, -0.2) is 5.84 Å². The molecule has 0 aliphatic heterocycles. The average Bonchev–Trinajstić information content (AvgIpc) is 2.22. The third-order valence-electron chi connectivity index (χ3n) is 2.18. The van der Waals surface area contributed by atoms with E-state index in [-0.39, 0.29) is 11.8 Å². The van der Waals surface area contributed by atoms with E-state index in [1.807, 2.05) is 6.92 Å². The number of nitrogens with two attached hydrogens (primary N) is 1. The van der Waals surface area contributed by atoms with Crippen molar-refractivity contribution in [2.45, 2.75) is 13.8 Å². The number of carbonyl (C=O) groups is 1. The Labute approximate surface area is 85.6 Å². The monoisotopic (exact) mass is 203 g/mol. The van der Waals surface area contributed by atoms with Crippen molar-refractivity contribution < 1.29 is 9.53 Å². The van der Waals surface area contributed by atoms with E-state index in [0.717, 1.165) is 13.1 Å². The summed E-state index contributed by atoms with van der Waals surface area (Å²) in [7, 11) is 1.67. The Hall–Kier alpha value is -0.650. The van der Waals surface area contributed by atoms with E-state index in [4.69, 9.17) is 10.6 Å². The van der Waals surface area contributed by atoms with Crippen LogP contribution >= 0.6 is 0 Å². The third-order valence-corrected chi connectivity index (χ3v) is 2.18. The van der Waals surface area contributed by atoms with Gasteiger partial charge in [-0.2, -0.15) is 0 Å². The standard InChI is InChI=1S/C9H21N3O2/c1-4-12(5-6-14-3)7-8(2)9(13)11-10/h8H,4-7,10H2,1-3H3,(H,11,13). The van der Waals surface area contributed by atoms with E-state index in [9.17, 15) is 4.79 Å². The second-order valence-corrected chi connectivity index (χ2v) is 3.30. The highest BCUT2D eigenvalue weighted by Gasteiger charge is 2.14. The van der Waals surface area contributed by atoms with Crippen molar-refractivity contribution in [3.8, 4) is 0 Å². The van der Waals surface area contributed by atoms with Crippen LogP contribution in [-0.2, 0) is 9.53 Å². The van der Waals surface area contributed by atoms with Crippen LogP contribution in [0.1, 0.15) is 13.8 Å². The number of rotatable bonds is 7. The van der Waals surface area contributed by atoms with Crippen molar-refractivity contribution in [1.82, 2.24) is 10.3 Å². The minimum absolute atomic E-state index is 0.0863. The lowest BCUT2D eigenvalue weighted by atomic mass is 10.1. The number of methoxy groups -OCH3 is 1. The molecule has 1 unspecified atom stereocenters. The highest BCUT2D eigenvalue weighted by atomic mass is 16.5. The average molecular weight is 203 g/mol. The fraction of sp³-hybridized carbons (Fsp3) is 0.889. The fourth-order valence-electron chi connectivity index (χ4n) is 1.21. The summed E-state index contributed by atoms with van der Waals surface area (Å²) in [4.78, 5) is 13.3. The molecule has 1 atom stereocenters. The van der Waals surface area contributed by atoms with Crippen LogP contribution < -0.4 is 11.3 Å². The van der Waals surface area contributed by atoms with Gasteiger partial charge in [0.1, 0.15) is 0 Å². The van der Waals surface area contributed by atoms with Crippen molar-refractivity contribution in [2.75, 3.05) is 33.4 Å². The SMILES string of the molecule is CCN(CCOC)CC(C)C(=O)NN. The Morgan fingerprint density at radius 3 is 2.71 bits per heavy atom. The molecule has 0 aromatic rings.